The van der Waals surface area contributed by atoms with Gasteiger partial charge < -0.3 is 9.14 Å². The fraction of sp³-hybridized carbons (Fsp3) is 0.333. The molecule has 0 bridgehead atoms. The molecular formula is C12H12BrFN2O2. The topological polar surface area (TPSA) is 43.6 Å². The number of carbonyl (C=O) groups excluding carboxylic acids is 1. The largest absolute Gasteiger partial charge is 0.461 e. The number of fused-ring (bicyclic) bond motifs is 1. The van der Waals surface area contributed by atoms with Crippen molar-refractivity contribution >= 4 is 27.5 Å². The molecule has 1 atom stereocenters. The average molecular weight is 315 g/mol. The number of rotatable bonds is 3. The van der Waals surface area contributed by atoms with E-state index in [0.29, 0.717) is 22.3 Å². The molecule has 4 nitrogen and oxygen atoms in total. The summed E-state index contributed by atoms with van der Waals surface area (Å²) >= 11 is 3.32. The Kier molecular flexibility index (Phi) is 3.65. The van der Waals surface area contributed by atoms with E-state index in [-0.39, 0.29) is 5.69 Å². The zero-order valence-corrected chi connectivity index (χ0v) is 11.6. The van der Waals surface area contributed by atoms with E-state index in [2.05, 4.69) is 20.9 Å². The van der Waals surface area contributed by atoms with Crippen molar-refractivity contribution in [2.24, 2.45) is 0 Å². The summed E-state index contributed by atoms with van der Waals surface area (Å²) < 4.78 is 20.4. The number of nitrogens with zero attached hydrogens (tertiary/aromatic N) is 2. The van der Waals surface area contributed by atoms with Gasteiger partial charge in [-0.25, -0.2) is 14.2 Å². The summed E-state index contributed by atoms with van der Waals surface area (Å²) in [7, 11) is 0. The van der Waals surface area contributed by atoms with Crippen molar-refractivity contribution < 1.29 is 13.9 Å². The first-order chi connectivity index (χ1) is 8.52. The van der Waals surface area contributed by atoms with Crippen LogP contribution >= 0.6 is 15.9 Å². The first kappa shape index (κ1) is 13.0. The number of alkyl halides is 1. The predicted molar refractivity (Wildman–Crippen MR) is 68.4 cm³/mol. The van der Waals surface area contributed by atoms with Gasteiger partial charge in [-0.2, -0.15) is 0 Å². The quantitative estimate of drug-likeness (QED) is 0.816. The number of aromatic nitrogens is 2. The maximum atomic E-state index is 13.3. The number of hydrogen-bond donors (Lipinski definition) is 0. The summed E-state index contributed by atoms with van der Waals surface area (Å²) in [5, 5.41) is 0. The highest BCUT2D eigenvalue weighted by Gasteiger charge is 2.15. The SMILES string of the molecule is CCOC(=O)c1cn2cc(C(C)F)cc(Br)c2n1. The first-order valence-corrected chi connectivity index (χ1v) is 6.31. The minimum absolute atomic E-state index is 0.209. The summed E-state index contributed by atoms with van der Waals surface area (Å²) in [6, 6.07) is 1.65. The maximum absolute atomic E-state index is 13.3. The maximum Gasteiger partial charge on any atom is 0.358 e. The van der Waals surface area contributed by atoms with Crippen LogP contribution in [-0.2, 0) is 4.74 Å². The van der Waals surface area contributed by atoms with Gasteiger partial charge in [0.15, 0.2) is 11.3 Å². The fourth-order valence-corrected chi connectivity index (χ4v) is 2.16. The lowest BCUT2D eigenvalue weighted by Gasteiger charge is -2.04. The lowest BCUT2D eigenvalue weighted by Crippen LogP contribution is -2.04. The van der Waals surface area contributed by atoms with Gasteiger partial charge >= 0.3 is 5.97 Å². The number of imidazole rings is 1. The molecule has 0 spiro atoms. The minimum atomic E-state index is -1.08. The van der Waals surface area contributed by atoms with E-state index in [1.54, 1.807) is 23.6 Å². The molecule has 0 aromatic carbocycles. The zero-order chi connectivity index (χ0) is 13.3. The second-order valence-electron chi connectivity index (χ2n) is 3.81. The van der Waals surface area contributed by atoms with Gasteiger partial charge in [0.25, 0.3) is 0 Å². The predicted octanol–water partition coefficient (Wildman–Crippen LogP) is 3.30. The molecule has 96 valence electrons. The smallest absolute Gasteiger partial charge is 0.358 e. The summed E-state index contributed by atoms with van der Waals surface area (Å²) in [6.07, 6.45) is 2.06. The van der Waals surface area contributed by atoms with Gasteiger partial charge in [-0.15, -0.1) is 0 Å². The molecule has 0 radical (unpaired) electrons. The number of hydrogen-bond acceptors (Lipinski definition) is 3. The van der Waals surface area contributed by atoms with Crippen LogP contribution in [0.2, 0.25) is 0 Å². The third-order valence-electron chi connectivity index (χ3n) is 2.47. The van der Waals surface area contributed by atoms with Gasteiger partial charge in [0.2, 0.25) is 0 Å². The Balaban J connectivity index is 2.50. The Hall–Kier alpha value is -1.43. The minimum Gasteiger partial charge on any atom is -0.461 e. The molecule has 2 aromatic heterocycles. The average Bonchev–Trinajstić information content (AvgIpc) is 2.73. The van der Waals surface area contributed by atoms with Crippen LogP contribution in [0.4, 0.5) is 4.39 Å². The lowest BCUT2D eigenvalue weighted by molar-refractivity contribution is 0.0520. The molecular weight excluding hydrogens is 303 g/mol. The molecule has 1 unspecified atom stereocenters. The summed E-state index contributed by atoms with van der Waals surface area (Å²) in [5.41, 5.74) is 1.28. The van der Waals surface area contributed by atoms with Gasteiger partial charge in [-0.1, -0.05) is 0 Å². The van der Waals surface area contributed by atoms with Crippen molar-refractivity contribution in [3.8, 4) is 0 Å². The number of halogens is 2. The fourth-order valence-electron chi connectivity index (χ4n) is 1.60. The second-order valence-corrected chi connectivity index (χ2v) is 4.67. The highest BCUT2D eigenvalue weighted by molar-refractivity contribution is 9.10. The Morgan fingerprint density at radius 2 is 2.33 bits per heavy atom. The zero-order valence-electron chi connectivity index (χ0n) is 9.98. The van der Waals surface area contributed by atoms with Crippen molar-refractivity contribution in [3.05, 3.63) is 34.2 Å². The van der Waals surface area contributed by atoms with Gasteiger partial charge in [0, 0.05) is 18.0 Å². The molecule has 0 aliphatic rings. The third-order valence-corrected chi connectivity index (χ3v) is 3.05. The van der Waals surface area contributed by atoms with Crippen molar-refractivity contribution in [1.29, 1.82) is 0 Å². The lowest BCUT2D eigenvalue weighted by atomic mass is 10.2. The number of esters is 1. The normalized spacial score (nSPS) is 12.7. The van der Waals surface area contributed by atoms with E-state index in [1.807, 2.05) is 0 Å². The van der Waals surface area contributed by atoms with Gasteiger partial charge in [0.1, 0.15) is 6.17 Å². The molecule has 0 N–H and O–H groups in total. The summed E-state index contributed by atoms with van der Waals surface area (Å²) in [5.74, 6) is -0.483. The summed E-state index contributed by atoms with van der Waals surface area (Å²) in [4.78, 5) is 15.7. The van der Waals surface area contributed by atoms with Gasteiger partial charge in [-0.3, -0.25) is 0 Å². The molecule has 0 fully saturated rings. The van der Waals surface area contributed by atoms with E-state index in [4.69, 9.17) is 4.74 Å². The van der Waals surface area contributed by atoms with Crippen LogP contribution in [0, 0.1) is 0 Å². The number of carbonyl (C=O) groups is 1. The van der Waals surface area contributed by atoms with E-state index in [0.717, 1.165) is 0 Å². The van der Waals surface area contributed by atoms with Crippen LogP contribution in [0.1, 0.15) is 36.1 Å². The van der Waals surface area contributed by atoms with Crippen LogP contribution < -0.4 is 0 Å². The van der Waals surface area contributed by atoms with E-state index in [9.17, 15) is 9.18 Å². The summed E-state index contributed by atoms with van der Waals surface area (Å²) in [6.45, 7) is 3.48. The standard InChI is InChI=1S/C12H12BrFN2O2/c1-3-18-12(17)10-6-16-5-8(7(2)14)4-9(13)11(16)15-10/h4-7H,3H2,1-2H3. The number of ether oxygens (including phenoxy) is 1. The van der Waals surface area contributed by atoms with Crippen LogP contribution in [0.15, 0.2) is 22.9 Å². The third kappa shape index (κ3) is 2.38. The van der Waals surface area contributed by atoms with E-state index in [1.165, 1.54) is 13.1 Å². The van der Waals surface area contributed by atoms with Crippen LogP contribution in [-0.4, -0.2) is 22.0 Å². The second kappa shape index (κ2) is 5.06. The van der Waals surface area contributed by atoms with Gasteiger partial charge in [-0.05, 0) is 35.8 Å². The Bertz CT molecular complexity index is 595. The Labute approximate surface area is 112 Å². The molecule has 0 aliphatic carbocycles. The first-order valence-electron chi connectivity index (χ1n) is 5.52. The molecule has 6 heteroatoms. The molecule has 2 rings (SSSR count). The number of pyridine rings is 1. The Morgan fingerprint density at radius 1 is 1.61 bits per heavy atom. The molecule has 0 saturated carbocycles. The van der Waals surface area contributed by atoms with Crippen molar-refractivity contribution in [3.63, 3.8) is 0 Å². The van der Waals surface area contributed by atoms with Crippen molar-refractivity contribution in [2.45, 2.75) is 20.0 Å². The monoisotopic (exact) mass is 314 g/mol. The van der Waals surface area contributed by atoms with Crippen molar-refractivity contribution in [2.75, 3.05) is 6.61 Å². The molecule has 0 saturated heterocycles. The highest BCUT2D eigenvalue weighted by atomic mass is 79.9. The molecule has 2 aromatic rings. The van der Waals surface area contributed by atoms with Gasteiger partial charge in [0.05, 0.1) is 11.1 Å². The molecule has 0 amide bonds. The highest BCUT2D eigenvalue weighted by Crippen LogP contribution is 2.24. The molecule has 0 aliphatic heterocycles. The van der Waals surface area contributed by atoms with Crippen LogP contribution in [0.25, 0.3) is 5.65 Å². The van der Waals surface area contributed by atoms with E-state index < -0.39 is 12.1 Å². The molecule has 18 heavy (non-hydrogen) atoms. The molecule has 2 heterocycles. The van der Waals surface area contributed by atoms with Crippen LogP contribution in [0.3, 0.4) is 0 Å². The van der Waals surface area contributed by atoms with E-state index >= 15 is 0 Å². The van der Waals surface area contributed by atoms with Crippen LogP contribution in [0.5, 0.6) is 0 Å². The Morgan fingerprint density at radius 3 is 2.94 bits per heavy atom. The van der Waals surface area contributed by atoms with Crippen molar-refractivity contribution in [1.82, 2.24) is 9.38 Å².